The first-order valence-corrected chi connectivity index (χ1v) is 8.87. The Balaban J connectivity index is 2.15. The van der Waals surface area contributed by atoms with Crippen LogP contribution in [0.1, 0.15) is 38.3 Å². The van der Waals surface area contributed by atoms with Gasteiger partial charge in [0.15, 0.2) is 11.5 Å². The highest BCUT2D eigenvalue weighted by atomic mass is 35.5. The molecule has 3 nitrogen and oxygen atoms in total. The average molecular weight is 348 g/mol. The first-order valence-electron chi connectivity index (χ1n) is 8.49. The van der Waals surface area contributed by atoms with E-state index in [1.54, 1.807) is 0 Å². The van der Waals surface area contributed by atoms with E-state index in [0.717, 1.165) is 40.6 Å². The Bertz CT molecular complexity index is 628. The van der Waals surface area contributed by atoms with Crippen molar-refractivity contribution in [2.75, 3.05) is 6.61 Å². The van der Waals surface area contributed by atoms with Crippen molar-refractivity contribution in [3.8, 4) is 11.5 Å². The lowest BCUT2D eigenvalue weighted by Crippen LogP contribution is -2.24. The van der Waals surface area contributed by atoms with E-state index in [0.29, 0.717) is 19.3 Å². The molecule has 2 rings (SSSR count). The fourth-order valence-electron chi connectivity index (χ4n) is 2.30. The highest BCUT2D eigenvalue weighted by molar-refractivity contribution is 6.30. The molecule has 0 radical (unpaired) electrons. The van der Waals surface area contributed by atoms with Gasteiger partial charge in [-0.1, -0.05) is 42.8 Å². The summed E-state index contributed by atoms with van der Waals surface area (Å²) in [5.74, 6) is 1.60. The Morgan fingerprint density at radius 3 is 2.46 bits per heavy atom. The van der Waals surface area contributed by atoms with Crippen LogP contribution in [0.4, 0.5) is 0 Å². The van der Waals surface area contributed by atoms with Gasteiger partial charge in [0, 0.05) is 23.2 Å². The Morgan fingerprint density at radius 2 is 1.79 bits per heavy atom. The van der Waals surface area contributed by atoms with Gasteiger partial charge in [0.1, 0.15) is 6.61 Å². The molecule has 0 unspecified atom stereocenters. The minimum Gasteiger partial charge on any atom is -0.490 e. The zero-order chi connectivity index (χ0) is 17.4. The topological polar surface area (TPSA) is 30.5 Å². The number of benzene rings is 2. The molecule has 130 valence electrons. The summed E-state index contributed by atoms with van der Waals surface area (Å²) >= 11 is 5.94. The van der Waals surface area contributed by atoms with Crippen molar-refractivity contribution >= 4 is 11.6 Å². The number of para-hydroxylation sites is 1. The molecule has 0 aliphatic rings. The predicted octanol–water partition coefficient (Wildman–Crippen LogP) is 5.21. The summed E-state index contributed by atoms with van der Waals surface area (Å²) in [5.41, 5.74) is 2.18. The summed E-state index contributed by atoms with van der Waals surface area (Å²) in [5, 5.41) is 4.24. The first kappa shape index (κ1) is 18.6. The smallest absolute Gasteiger partial charge is 0.166 e. The number of ether oxygens (including phenoxy) is 2. The molecule has 0 heterocycles. The van der Waals surface area contributed by atoms with Crippen LogP contribution < -0.4 is 14.8 Å². The molecule has 0 saturated carbocycles. The second kappa shape index (κ2) is 9.55. The molecule has 0 bridgehead atoms. The van der Waals surface area contributed by atoms with Crippen LogP contribution >= 0.6 is 11.6 Å². The minimum atomic E-state index is 0.463. The van der Waals surface area contributed by atoms with Gasteiger partial charge in [0.05, 0.1) is 6.61 Å². The lowest BCUT2D eigenvalue weighted by Gasteiger charge is -2.18. The summed E-state index contributed by atoms with van der Waals surface area (Å²) < 4.78 is 11.8. The van der Waals surface area contributed by atoms with Gasteiger partial charge in [-0.05, 0) is 44.0 Å². The quantitative estimate of drug-likeness (QED) is 0.675. The molecule has 0 saturated heterocycles. The van der Waals surface area contributed by atoms with Crippen LogP contribution in [0.3, 0.4) is 0 Å². The lowest BCUT2D eigenvalue weighted by molar-refractivity contribution is 0.265. The fourth-order valence-corrected chi connectivity index (χ4v) is 2.42. The van der Waals surface area contributed by atoms with Crippen molar-refractivity contribution in [3.63, 3.8) is 0 Å². The summed E-state index contributed by atoms with van der Waals surface area (Å²) in [6, 6.07) is 14.2. The number of hydrogen-bond donors (Lipinski definition) is 1. The zero-order valence-corrected chi connectivity index (χ0v) is 15.4. The zero-order valence-electron chi connectivity index (χ0n) is 14.6. The maximum absolute atomic E-state index is 6.10. The van der Waals surface area contributed by atoms with Crippen LogP contribution in [0.15, 0.2) is 42.5 Å². The number of nitrogens with one attached hydrogen (secondary N) is 1. The highest BCUT2D eigenvalue weighted by Gasteiger charge is 2.12. The SMILES string of the molecule is CCOc1cccc(CN[C@@H](C)CC)c1OCc1ccc(Cl)cc1. The number of halogens is 1. The molecule has 0 fully saturated rings. The van der Waals surface area contributed by atoms with Gasteiger partial charge in [-0.2, -0.15) is 0 Å². The summed E-state index contributed by atoms with van der Waals surface area (Å²) in [7, 11) is 0. The van der Waals surface area contributed by atoms with Gasteiger partial charge in [-0.15, -0.1) is 0 Å². The summed E-state index contributed by atoms with van der Waals surface area (Å²) in [4.78, 5) is 0. The third-order valence-corrected chi connectivity index (χ3v) is 4.16. The molecule has 4 heteroatoms. The van der Waals surface area contributed by atoms with Crippen LogP contribution in [-0.4, -0.2) is 12.6 Å². The van der Waals surface area contributed by atoms with Gasteiger partial charge >= 0.3 is 0 Å². The molecule has 0 spiro atoms. The van der Waals surface area contributed by atoms with Crippen LogP contribution in [-0.2, 0) is 13.2 Å². The summed E-state index contributed by atoms with van der Waals surface area (Å²) in [6.07, 6.45) is 1.09. The Morgan fingerprint density at radius 1 is 1.04 bits per heavy atom. The molecule has 0 aliphatic carbocycles. The molecule has 1 atom stereocenters. The van der Waals surface area contributed by atoms with Gasteiger partial charge in [-0.25, -0.2) is 0 Å². The second-order valence-electron chi connectivity index (χ2n) is 5.78. The van der Waals surface area contributed by atoms with E-state index < -0.39 is 0 Å². The monoisotopic (exact) mass is 347 g/mol. The molecule has 24 heavy (non-hydrogen) atoms. The van der Waals surface area contributed by atoms with Crippen molar-refractivity contribution in [2.24, 2.45) is 0 Å². The standard InChI is InChI=1S/C20H26ClNO2/c1-4-15(3)22-13-17-7-6-8-19(23-5-2)20(17)24-14-16-9-11-18(21)12-10-16/h6-12,15,22H,4-5,13-14H2,1-3H3/t15-/m0/s1. The van der Waals surface area contributed by atoms with Gasteiger partial charge in [0.25, 0.3) is 0 Å². The largest absolute Gasteiger partial charge is 0.490 e. The maximum Gasteiger partial charge on any atom is 0.166 e. The van der Waals surface area contributed by atoms with Crippen molar-refractivity contribution in [1.82, 2.24) is 5.32 Å². The lowest BCUT2D eigenvalue weighted by atomic mass is 10.1. The van der Waals surface area contributed by atoms with Crippen molar-refractivity contribution < 1.29 is 9.47 Å². The van der Waals surface area contributed by atoms with E-state index >= 15 is 0 Å². The Kier molecular flexibility index (Phi) is 7.41. The van der Waals surface area contributed by atoms with Crippen LogP contribution in [0.2, 0.25) is 5.02 Å². The van der Waals surface area contributed by atoms with E-state index in [1.165, 1.54) is 0 Å². The molecule has 0 aromatic heterocycles. The number of rotatable bonds is 9. The van der Waals surface area contributed by atoms with E-state index in [1.807, 2.05) is 43.3 Å². The first-order chi connectivity index (χ1) is 11.6. The normalized spacial score (nSPS) is 12.0. The predicted molar refractivity (Wildman–Crippen MR) is 100.0 cm³/mol. The number of hydrogen-bond acceptors (Lipinski definition) is 3. The molecular weight excluding hydrogens is 322 g/mol. The van der Waals surface area contributed by atoms with Crippen molar-refractivity contribution in [3.05, 3.63) is 58.6 Å². The molecule has 0 amide bonds. The molecule has 1 N–H and O–H groups in total. The van der Waals surface area contributed by atoms with E-state index in [-0.39, 0.29) is 0 Å². The van der Waals surface area contributed by atoms with Crippen molar-refractivity contribution in [2.45, 2.75) is 46.4 Å². The molecule has 0 aliphatic heterocycles. The van der Waals surface area contributed by atoms with E-state index in [9.17, 15) is 0 Å². The third kappa shape index (κ3) is 5.43. The van der Waals surface area contributed by atoms with Crippen molar-refractivity contribution in [1.29, 1.82) is 0 Å². The maximum atomic E-state index is 6.10. The molecular formula is C20H26ClNO2. The van der Waals surface area contributed by atoms with E-state index in [2.05, 4.69) is 25.2 Å². The van der Waals surface area contributed by atoms with Gasteiger partial charge in [0.2, 0.25) is 0 Å². The molecule has 2 aromatic carbocycles. The molecule has 2 aromatic rings. The highest BCUT2D eigenvalue weighted by Crippen LogP contribution is 2.32. The minimum absolute atomic E-state index is 0.463. The fraction of sp³-hybridized carbons (Fsp3) is 0.400. The van der Waals surface area contributed by atoms with Gasteiger partial charge < -0.3 is 14.8 Å². The van der Waals surface area contributed by atoms with Crippen LogP contribution in [0.5, 0.6) is 11.5 Å². The average Bonchev–Trinajstić information content (AvgIpc) is 2.60. The second-order valence-corrected chi connectivity index (χ2v) is 6.22. The van der Waals surface area contributed by atoms with Gasteiger partial charge in [-0.3, -0.25) is 0 Å². The van der Waals surface area contributed by atoms with E-state index in [4.69, 9.17) is 21.1 Å². The Hall–Kier alpha value is -1.71. The summed E-state index contributed by atoms with van der Waals surface area (Å²) in [6.45, 7) is 8.18. The van der Waals surface area contributed by atoms with Crippen LogP contribution in [0, 0.1) is 0 Å². The Labute approximate surface area is 149 Å². The third-order valence-electron chi connectivity index (χ3n) is 3.91. The van der Waals surface area contributed by atoms with Crippen LogP contribution in [0.25, 0.3) is 0 Å².